The smallest absolute Gasteiger partial charge is 0.307 e. The molecule has 6 nitrogen and oxygen atoms in total. The van der Waals surface area contributed by atoms with Crippen LogP contribution in [0.15, 0.2) is 59.7 Å². The fraction of sp³-hybridized carbons (Fsp3) is 0.182. The maximum atomic E-state index is 13.6. The highest BCUT2D eigenvalue weighted by atomic mass is 19.4. The Morgan fingerprint density at radius 3 is 2.41 bits per heavy atom. The fourth-order valence-electron chi connectivity index (χ4n) is 3.21. The SMILES string of the molecule is O=C(Nc1ccc(-n2nc(C3=CCCN=C3)cc2C(F)(F)F)cn1)c1cccc(C(F)(F)F)c1. The molecule has 0 bridgehead atoms. The van der Waals surface area contributed by atoms with E-state index in [4.69, 9.17) is 0 Å². The maximum Gasteiger partial charge on any atom is 0.433 e. The number of aliphatic imine (C=N–C) groups is 1. The van der Waals surface area contributed by atoms with Crippen LogP contribution in [0.2, 0.25) is 0 Å². The summed E-state index contributed by atoms with van der Waals surface area (Å²) in [4.78, 5) is 20.3. The Morgan fingerprint density at radius 2 is 1.79 bits per heavy atom. The molecule has 0 saturated carbocycles. The van der Waals surface area contributed by atoms with Crippen LogP contribution in [0.1, 0.15) is 33.7 Å². The number of rotatable bonds is 4. The molecule has 12 heteroatoms. The minimum atomic E-state index is -4.70. The van der Waals surface area contributed by atoms with Crippen LogP contribution in [0.4, 0.5) is 32.2 Å². The third-order valence-electron chi connectivity index (χ3n) is 4.83. The summed E-state index contributed by atoms with van der Waals surface area (Å²) in [6.45, 7) is 0.550. The molecule has 34 heavy (non-hydrogen) atoms. The van der Waals surface area contributed by atoms with Gasteiger partial charge in [-0.3, -0.25) is 9.79 Å². The van der Waals surface area contributed by atoms with Crippen LogP contribution in [0.25, 0.3) is 11.3 Å². The molecule has 2 aromatic heterocycles. The van der Waals surface area contributed by atoms with Crippen LogP contribution < -0.4 is 5.32 Å². The third-order valence-corrected chi connectivity index (χ3v) is 4.83. The first-order valence-corrected chi connectivity index (χ1v) is 9.85. The van der Waals surface area contributed by atoms with Crippen molar-refractivity contribution in [3.8, 4) is 5.69 Å². The number of anilines is 1. The molecule has 1 aliphatic rings. The molecular weight excluding hydrogens is 464 g/mol. The van der Waals surface area contributed by atoms with E-state index in [2.05, 4.69) is 20.4 Å². The molecule has 1 N–H and O–H groups in total. The van der Waals surface area contributed by atoms with Crippen LogP contribution in [0, 0.1) is 0 Å². The van der Waals surface area contributed by atoms with Gasteiger partial charge in [0.25, 0.3) is 5.91 Å². The zero-order valence-electron chi connectivity index (χ0n) is 17.2. The van der Waals surface area contributed by atoms with Gasteiger partial charge < -0.3 is 5.32 Å². The molecular formula is C22H15F6N5O. The van der Waals surface area contributed by atoms with E-state index in [0.717, 1.165) is 24.4 Å². The van der Waals surface area contributed by atoms with Crippen molar-refractivity contribution in [2.45, 2.75) is 18.8 Å². The Balaban J connectivity index is 1.58. The second-order valence-corrected chi connectivity index (χ2v) is 7.24. The molecule has 0 radical (unpaired) electrons. The Morgan fingerprint density at radius 1 is 1.00 bits per heavy atom. The topological polar surface area (TPSA) is 72.2 Å². The van der Waals surface area contributed by atoms with Crippen molar-refractivity contribution >= 4 is 23.5 Å². The molecule has 0 saturated heterocycles. The number of hydrogen-bond acceptors (Lipinski definition) is 4. The van der Waals surface area contributed by atoms with E-state index in [1.165, 1.54) is 24.4 Å². The number of carbonyl (C=O) groups is 1. The highest BCUT2D eigenvalue weighted by molar-refractivity contribution is 6.09. The van der Waals surface area contributed by atoms with Crippen LogP contribution >= 0.6 is 0 Å². The van der Waals surface area contributed by atoms with Crippen LogP contribution in [0.5, 0.6) is 0 Å². The summed E-state index contributed by atoms with van der Waals surface area (Å²) in [5, 5.41) is 6.37. The number of benzene rings is 1. The molecule has 4 rings (SSSR count). The number of hydrogen-bond donors (Lipinski definition) is 1. The number of allylic oxidation sites excluding steroid dienone is 1. The van der Waals surface area contributed by atoms with Gasteiger partial charge in [0, 0.05) is 23.9 Å². The first-order valence-electron chi connectivity index (χ1n) is 9.85. The van der Waals surface area contributed by atoms with E-state index in [1.54, 1.807) is 6.08 Å². The van der Waals surface area contributed by atoms with Crippen LogP contribution in [0.3, 0.4) is 0 Å². The van der Waals surface area contributed by atoms with Gasteiger partial charge in [-0.15, -0.1) is 0 Å². The van der Waals surface area contributed by atoms with E-state index < -0.39 is 29.5 Å². The molecule has 0 aliphatic carbocycles. The van der Waals surface area contributed by atoms with Gasteiger partial charge in [0.1, 0.15) is 11.5 Å². The highest BCUT2D eigenvalue weighted by Crippen LogP contribution is 2.33. The van der Waals surface area contributed by atoms with E-state index in [-0.39, 0.29) is 22.8 Å². The van der Waals surface area contributed by atoms with Crippen molar-refractivity contribution in [1.82, 2.24) is 14.8 Å². The van der Waals surface area contributed by atoms with Crippen LogP contribution in [-0.2, 0) is 12.4 Å². The largest absolute Gasteiger partial charge is 0.433 e. The van der Waals surface area contributed by atoms with Crippen molar-refractivity contribution in [1.29, 1.82) is 0 Å². The molecule has 176 valence electrons. The van der Waals surface area contributed by atoms with Gasteiger partial charge in [-0.1, -0.05) is 12.1 Å². The van der Waals surface area contributed by atoms with Gasteiger partial charge in [-0.2, -0.15) is 31.4 Å². The normalized spacial score (nSPS) is 14.1. The lowest BCUT2D eigenvalue weighted by molar-refractivity contribution is -0.142. The average molecular weight is 479 g/mol. The summed E-state index contributed by atoms with van der Waals surface area (Å²) >= 11 is 0. The van der Waals surface area contributed by atoms with Crippen LogP contribution in [-0.4, -0.2) is 33.4 Å². The van der Waals surface area contributed by atoms with Crippen molar-refractivity contribution in [2.24, 2.45) is 4.99 Å². The van der Waals surface area contributed by atoms with Gasteiger partial charge in [0.05, 0.1) is 23.1 Å². The summed E-state index contributed by atoms with van der Waals surface area (Å²) in [6, 6.07) is 7.20. The number of nitrogens with zero attached hydrogens (tertiary/aromatic N) is 4. The summed E-state index contributed by atoms with van der Waals surface area (Å²) in [5.74, 6) is -0.915. The van der Waals surface area contributed by atoms with Gasteiger partial charge in [0.2, 0.25) is 0 Å². The molecule has 1 aliphatic heterocycles. The van der Waals surface area contributed by atoms with Gasteiger partial charge >= 0.3 is 12.4 Å². The van der Waals surface area contributed by atoms with Gasteiger partial charge in [-0.05, 0) is 42.8 Å². The number of halogens is 6. The fourth-order valence-corrected chi connectivity index (χ4v) is 3.21. The molecule has 0 spiro atoms. The van der Waals surface area contributed by atoms with E-state index >= 15 is 0 Å². The number of aromatic nitrogens is 3. The van der Waals surface area contributed by atoms with E-state index in [0.29, 0.717) is 29.3 Å². The number of pyridine rings is 1. The average Bonchev–Trinajstić information content (AvgIpc) is 3.26. The summed E-state index contributed by atoms with van der Waals surface area (Å²) in [7, 11) is 0. The summed E-state index contributed by atoms with van der Waals surface area (Å²) < 4.78 is 80.1. The number of carbonyl (C=O) groups excluding carboxylic acids is 1. The zero-order chi connectivity index (χ0) is 24.5. The number of alkyl halides is 6. The number of nitrogens with one attached hydrogen (secondary N) is 1. The lowest BCUT2D eigenvalue weighted by Crippen LogP contribution is -2.15. The number of dihydropyridines is 1. The minimum absolute atomic E-state index is 0.0241. The minimum Gasteiger partial charge on any atom is -0.307 e. The highest BCUT2D eigenvalue weighted by Gasteiger charge is 2.37. The standard InChI is InChI=1S/C22H15F6N5O/c23-21(24,25)15-5-1-3-13(9-15)20(34)31-19-7-6-16(12-30-19)33-18(22(26,27)28)10-17(32-33)14-4-2-8-29-11-14/h1,3-7,9-12H,2,8H2,(H,30,31,34). The summed E-state index contributed by atoms with van der Waals surface area (Å²) in [6.07, 6.45) is -4.47. The quantitative estimate of drug-likeness (QED) is 0.509. The second kappa shape index (κ2) is 8.76. The first kappa shape index (κ1) is 23.2. The molecule has 3 heterocycles. The second-order valence-electron chi connectivity index (χ2n) is 7.24. The molecule has 1 amide bonds. The monoisotopic (exact) mass is 479 g/mol. The Kier molecular flexibility index (Phi) is 5.98. The van der Waals surface area contributed by atoms with Gasteiger partial charge in [-0.25, -0.2) is 9.67 Å². The van der Waals surface area contributed by atoms with E-state index in [9.17, 15) is 31.1 Å². The van der Waals surface area contributed by atoms with Crippen molar-refractivity contribution in [3.63, 3.8) is 0 Å². The Hall–Kier alpha value is -3.96. The molecule has 0 unspecified atom stereocenters. The third kappa shape index (κ3) is 5.00. The predicted molar refractivity (Wildman–Crippen MR) is 112 cm³/mol. The molecule has 0 fully saturated rings. The van der Waals surface area contributed by atoms with Gasteiger partial charge in [0.15, 0.2) is 0 Å². The molecule has 3 aromatic rings. The van der Waals surface area contributed by atoms with E-state index in [1.807, 2.05) is 0 Å². The molecule has 1 aromatic carbocycles. The number of amides is 1. The lowest BCUT2D eigenvalue weighted by Gasteiger charge is -2.11. The lowest BCUT2D eigenvalue weighted by atomic mass is 10.1. The maximum absolute atomic E-state index is 13.6. The predicted octanol–water partition coefficient (Wildman–Crippen LogP) is 5.42. The molecule has 0 atom stereocenters. The van der Waals surface area contributed by atoms with Crippen molar-refractivity contribution < 1.29 is 31.1 Å². The Bertz CT molecular complexity index is 1270. The summed E-state index contributed by atoms with van der Waals surface area (Å²) in [5.41, 5.74) is -1.73. The Labute approximate surface area is 188 Å². The first-order chi connectivity index (χ1) is 16.0. The zero-order valence-corrected chi connectivity index (χ0v) is 17.2. The van der Waals surface area contributed by atoms with Crippen molar-refractivity contribution in [3.05, 3.63) is 77.3 Å². The van der Waals surface area contributed by atoms with Crippen molar-refractivity contribution in [2.75, 3.05) is 11.9 Å².